The van der Waals surface area contributed by atoms with Crippen molar-refractivity contribution in [3.63, 3.8) is 0 Å². The first kappa shape index (κ1) is 11.9. The largest absolute Gasteiger partial charge is 0.502 e. The van der Waals surface area contributed by atoms with Crippen LogP contribution in [-0.2, 0) is 9.53 Å². The van der Waals surface area contributed by atoms with Crippen LogP contribution in [0.4, 0.5) is 8.78 Å². The van der Waals surface area contributed by atoms with Gasteiger partial charge in [0, 0.05) is 0 Å². The number of hydrogen-bond acceptors (Lipinski definition) is 4. The van der Waals surface area contributed by atoms with Crippen molar-refractivity contribution in [1.82, 2.24) is 0 Å². The maximum Gasteiger partial charge on any atom is 0.502 e. The van der Waals surface area contributed by atoms with Crippen LogP contribution in [-0.4, -0.2) is 19.2 Å². The molecule has 0 N–H and O–H groups in total. The molecular weight excluding hydrogens is 220 g/mol. The van der Waals surface area contributed by atoms with Crippen LogP contribution in [0.25, 0.3) is 0 Å². The Hall–Kier alpha value is -2.16. The number of alkyl halides is 2. The second-order valence-electron chi connectivity index (χ2n) is 2.75. The molecule has 0 aliphatic rings. The van der Waals surface area contributed by atoms with Crippen molar-refractivity contribution < 1.29 is 23.0 Å². The standard InChI is InChI=1S/C10H7F2NO3/c1-15-9(14)10(11,12)16-8-4-2-7(6-13)3-5-8/h2-5H,1H3. The maximum atomic E-state index is 12.9. The number of carbonyl (C=O) groups is 1. The number of ether oxygens (including phenoxy) is 2. The first-order valence-corrected chi connectivity index (χ1v) is 4.15. The van der Waals surface area contributed by atoms with E-state index in [-0.39, 0.29) is 5.75 Å². The summed E-state index contributed by atoms with van der Waals surface area (Å²) in [5.41, 5.74) is 0.300. The normalized spacial score (nSPS) is 10.4. The van der Waals surface area contributed by atoms with Crippen molar-refractivity contribution in [2.45, 2.75) is 6.11 Å². The highest BCUT2D eigenvalue weighted by Crippen LogP contribution is 2.22. The topological polar surface area (TPSA) is 59.3 Å². The van der Waals surface area contributed by atoms with Gasteiger partial charge in [-0.2, -0.15) is 14.0 Å². The monoisotopic (exact) mass is 227 g/mol. The van der Waals surface area contributed by atoms with Gasteiger partial charge in [0.05, 0.1) is 18.7 Å². The second-order valence-corrected chi connectivity index (χ2v) is 2.75. The van der Waals surface area contributed by atoms with Gasteiger partial charge in [-0.1, -0.05) is 0 Å². The average molecular weight is 227 g/mol. The van der Waals surface area contributed by atoms with E-state index in [1.165, 1.54) is 12.1 Å². The first-order chi connectivity index (χ1) is 7.49. The Morgan fingerprint density at radius 2 is 1.94 bits per heavy atom. The lowest BCUT2D eigenvalue weighted by Gasteiger charge is -2.14. The van der Waals surface area contributed by atoms with Gasteiger partial charge in [0.15, 0.2) is 0 Å². The lowest BCUT2D eigenvalue weighted by molar-refractivity contribution is -0.214. The summed E-state index contributed by atoms with van der Waals surface area (Å²) in [4.78, 5) is 10.6. The molecular formula is C10H7F2NO3. The van der Waals surface area contributed by atoms with E-state index in [9.17, 15) is 13.6 Å². The summed E-state index contributed by atoms with van der Waals surface area (Å²) in [7, 11) is 0.832. The van der Waals surface area contributed by atoms with Gasteiger partial charge >= 0.3 is 12.1 Å². The quantitative estimate of drug-likeness (QED) is 0.737. The number of nitrogens with zero attached hydrogens (tertiary/aromatic N) is 1. The Morgan fingerprint density at radius 3 is 2.38 bits per heavy atom. The molecule has 0 spiro atoms. The van der Waals surface area contributed by atoms with Crippen molar-refractivity contribution in [1.29, 1.82) is 5.26 Å². The van der Waals surface area contributed by atoms with Crippen molar-refractivity contribution in [2.75, 3.05) is 7.11 Å². The predicted octanol–water partition coefficient (Wildman–Crippen LogP) is 1.70. The van der Waals surface area contributed by atoms with Gasteiger partial charge in [-0.25, -0.2) is 4.79 Å². The Morgan fingerprint density at radius 1 is 1.38 bits per heavy atom. The van der Waals surface area contributed by atoms with Crippen molar-refractivity contribution in [3.8, 4) is 11.8 Å². The summed E-state index contributed by atoms with van der Waals surface area (Å²) >= 11 is 0. The van der Waals surface area contributed by atoms with E-state index in [1.807, 2.05) is 6.07 Å². The molecule has 0 radical (unpaired) electrons. The zero-order chi connectivity index (χ0) is 12.2. The zero-order valence-electron chi connectivity index (χ0n) is 8.24. The van der Waals surface area contributed by atoms with Crippen LogP contribution in [0.2, 0.25) is 0 Å². The number of benzene rings is 1. The molecule has 0 aromatic heterocycles. The third-order valence-electron chi connectivity index (χ3n) is 1.65. The molecule has 0 unspecified atom stereocenters. The van der Waals surface area contributed by atoms with Crippen molar-refractivity contribution in [2.24, 2.45) is 0 Å². The van der Waals surface area contributed by atoms with Crippen LogP contribution in [0.1, 0.15) is 5.56 Å². The summed E-state index contributed by atoms with van der Waals surface area (Å²) in [6.45, 7) is 0. The van der Waals surface area contributed by atoms with Gasteiger partial charge in [0.25, 0.3) is 0 Å². The molecule has 0 saturated heterocycles. The van der Waals surface area contributed by atoms with E-state index < -0.39 is 12.1 Å². The Bertz CT molecular complexity index is 423. The number of halogens is 2. The molecule has 0 aliphatic heterocycles. The molecule has 0 amide bonds. The third-order valence-corrected chi connectivity index (χ3v) is 1.65. The molecule has 1 aromatic rings. The Balaban J connectivity index is 2.81. The highest BCUT2D eigenvalue weighted by molar-refractivity contribution is 5.76. The van der Waals surface area contributed by atoms with Crippen LogP contribution < -0.4 is 4.74 Å². The minimum Gasteiger partial charge on any atom is -0.462 e. The maximum absolute atomic E-state index is 12.9. The lowest BCUT2D eigenvalue weighted by Crippen LogP contribution is -2.36. The Kier molecular flexibility index (Phi) is 3.40. The number of esters is 1. The molecule has 0 heterocycles. The predicted molar refractivity (Wildman–Crippen MR) is 48.7 cm³/mol. The third kappa shape index (κ3) is 2.67. The fraction of sp³-hybridized carbons (Fsp3) is 0.200. The minimum absolute atomic E-state index is 0.227. The number of methoxy groups -OCH3 is 1. The van der Waals surface area contributed by atoms with Crippen molar-refractivity contribution >= 4 is 5.97 Å². The highest BCUT2D eigenvalue weighted by atomic mass is 19.3. The van der Waals surface area contributed by atoms with Gasteiger partial charge in [-0.3, -0.25) is 0 Å². The molecule has 84 valence electrons. The molecule has 4 nitrogen and oxygen atoms in total. The van der Waals surface area contributed by atoms with Crippen LogP contribution in [0, 0.1) is 11.3 Å². The molecule has 0 atom stereocenters. The highest BCUT2D eigenvalue weighted by Gasteiger charge is 2.43. The molecule has 0 saturated carbocycles. The molecule has 0 aliphatic carbocycles. The fourth-order valence-electron chi connectivity index (χ4n) is 0.906. The Labute approximate surface area is 90.0 Å². The number of carbonyl (C=O) groups excluding carboxylic acids is 1. The molecule has 16 heavy (non-hydrogen) atoms. The van der Waals surface area contributed by atoms with Crippen molar-refractivity contribution in [3.05, 3.63) is 29.8 Å². The summed E-state index contributed by atoms with van der Waals surface area (Å²) in [5, 5.41) is 8.47. The van der Waals surface area contributed by atoms with Gasteiger partial charge in [-0.15, -0.1) is 0 Å². The molecule has 0 bridgehead atoms. The summed E-state index contributed by atoms with van der Waals surface area (Å²) in [6.07, 6.45) is -4.04. The molecule has 1 rings (SSSR count). The smallest absolute Gasteiger partial charge is 0.462 e. The van der Waals surface area contributed by atoms with E-state index >= 15 is 0 Å². The first-order valence-electron chi connectivity index (χ1n) is 4.15. The van der Waals surface area contributed by atoms with Gasteiger partial charge in [0.1, 0.15) is 5.75 Å². The van der Waals surface area contributed by atoms with E-state index in [4.69, 9.17) is 5.26 Å². The van der Waals surface area contributed by atoms with E-state index in [0.29, 0.717) is 5.56 Å². The summed E-state index contributed by atoms with van der Waals surface area (Å²) in [5.74, 6) is -2.01. The van der Waals surface area contributed by atoms with Gasteiger partial charge in [-0.05, 0) is 24.3 Å². The van der Waals surface area contributed by atoms with E-state index in [1.54, 1.807) is 0 Å². The van der Waals surface area contributed by atoms with Crippen LogP contribution in [0.3, 0.4) is 0 Å². The second kappa shape index (κ2) is 4.57. The number of hydrogen-bond donors (Lipinski definition) is 0. The van der Waals surface area contributed by atoms with E-state index in [2.05, 4.69) is 9.47 Å². The SMILES string of the molecule is COC(=O)C(F)(F)Oc1ccc(C#N)cc1. The minimum atomic E-state index is -4.04. The van der Waals surface area contributed by atoms with Gasteiger partial charge < -0.3 is 9.47 Å². The average Bonchev–Trinajstić information content (AvgIpc) is 2.28. The van der Waals surface area contributed by atoms with E-state index in [0.717, 1.165) is 19.2 Å². The molecule has 1 aromatic carbocycles. The molecule has 6 heteroatoms. The van der Waals surface area contributed by atoms with Gasteiger partial charge in [0.2, 0.25) is 0 Å². The lowest BCUT2D eigenvalue weighted by atomic mass is 10.2. The van der Waals surface area contributed by atoms with Crippen LogP contribution in [0.5, 0.6) is 5.75 Å². The number of rotatable bonds is 3. The zero-order valence-corrected chi connectivity index (χ0v) is 8.24. The number of nitriles is 1. The van der Waals surface area contributed by atoms with Crippen LogP contribution >= 0.6 is 0 Å². The fourth-order valence-corrected chi connectivity index (χ4v) is 0.906. The summed E-state index contributed by atoms with van der Waals surface area (Å²) in [6, 6.07) is 6.73. The summed E-state index contributed by atoms with van der Waals surface area (Å²) < 4.78 is 33.9. The molecule has 0 fully saturated rings. The van der Waals surface area contributed by atoms with Crippen LogP contribution in [0.15, 0.2) is 24.3 Å².